The van der Waals surface area contributed by atoms with E-state index in [-0.39, 0.29) is 11.6 Å². The Kier molecular flexibility index (Phi) is 3.54. The van der Waals surface area contributed by atoms with E-state index < -0.39 is 0 Å². The molecule has 1 nitrogen and oxygen atoms in total. The van der Waals surface area contributed by atoms with Crippen molar-refractivity contribution in [3.8, 4) is 11.8 Å². The summed E-state index contributed by atoms with van der Waals surface area (Å²) in [6.07, 6.45) is 0. The Morgan fingerprint density at radius 2 is 1.83 bits per heavy atom. The molecule has 0 heterocycles. The Hall–Kier alpha value is -2.40. The van der Waals surface area contributed by atoms with Crippen LogP contribution < -0.4 is 0 Å². The molecule has 0 aromatic heterocycles. The second kappa shape index (κ2) is 5.29. The number of rotatable bonds is 1. The van der Waals surface area contributed by atoms with Crippen LogP contribution in [0.5, 0.6) is 0 Å². The summed E-state index contributed by atoms with van der Waals surface area (Å²) in [6, 6.07) is 13.0. The molecule has 0 unspecified atom stereocenters. The molecular weight excluding hydrogens is 227 g/mol. The van der Waals surface area contributed by atoms with Crippen LogP contribution in [-0.2, 0) is 0 Å². The predicted molar refractivity (Wildman–Crippen MR) is 68.8 cm³/mol. The van der Waals surface area contributed by atoms with E-state index in [1.165, 1.54) is 12.1 Å². The van der Waals surface area contributed by atoms with Gasteiger partial charge in [0.15, 0.2) is 0 Å². The van der Waals surface area contributed by atoms with E-state index in [1.807, 2.05) is 19.1 Å². The van der Waals surface area contributed by atoms with Gasteiger partial charge in [0.05, 0.1) is 0 Å². The number of hydrogen-bond acceptors (Lipinski definition) is 1. The lowest BCUT2D eigenvalue weighted by molar-refractivity contribution is 0.105. The molecule has 0 aliphatic rings. The minimum atomic E-state index is -0.314. The minimum Gasteiger partial charge on any atom is -0.279 e. The highest BCUT2D eigenvalue weighted by molar-refractivity contribution is 6.09. The van der Waals surface area contributed by atoms with Gasteiger partial charge in [0.1, 0.15) is 5.82 Å². The molecular formula is C16H11FO. The van der Waals surface area contributed by atoms with E-state index in [2.05, 4.69) is 11.8 Å². The Balaban J connectivity index is 2.20. The van der Waals surface area contributed by atoms with Crippen molar-refractivity contribution in [1.29, 1.82) is 0 Å². The smallest absolute Gasteiger partial charge is 0.236 e. The molecule has 0 aliphatic heterocycles. The molecule has 2 aromatic carbocycles. The summed E-state index contributed by atoms with van der Waals surface area (Å²) in [4.78, 5) is 11.8. The average Bonchev–Trinajstić information content (AvgIpc) is 2.38. The lowest BCUT2D eigenvalue weighted by Gasteiger charge is -1.95. The molecule has 0 saturated heterocycles. The summed E-state index contributed by atoms with van der Waals surface area (Å²) in [5, 5.41) is 0. The largest absolute Gasteiger partial charge is 0.279 e. The highest BCUT2D eigenvalue weighted by Crippen LogP contribution is 2.05. The molecule has 2 aromatic rings. The summed E-state index contributed by atoms with van der Waals surface area (Å²) >= 11 is 0. The van der Waals surface area contributed by atoms with Crippen LogP contribution in [0.25, 0.3) is 0 Å². The molecule has 0 radical (unpaired) electrons. The monoisotopic (exact) mass is 238 g/mol. The molecule has 0 aliphatic carbocycles. The van der Waals surface area contributed by atoms with Gasteiger partial charge < -0.3 is 0 Å². The number of hydrogen-bond donors (Lipinski definition) is 0. The zero-order chi connectivity index (χ0) is 13.0. The maximum Gasteiger partial charge on any atom is 0.236 e. The van der Waals surface area contributed by atoms with Crippen molar-refractivity contribution in [1.82, 2.24) is 0 Å². The van der Waals surface area contributed by atoms with Gasteiger partial charge in [-0.3, -0.25) is 4.79 Å². The third-order valence-corrected chi connectivity index (χ3v) is 2.44. The Morgan fingerprint density at radius 1 is 1.11 bits per heavy atom. The number of carbonyl (C=O) groups excluding carboxylic acids is 1. The molecule has 0 atom stereocenters. The molecule has 18 heavy (non-hydrogen) atoms. The molecule has 0 amide bonds. The summed E-state index contributed by atoms with van der Waals surface area (Å²) in [6.45, 7) is 1.92. The molecule has 0 bridgehead atoms. The number of halogens is 1. The van der Waals surface area contributed by atoms with Crippen molar-refractivity contribution in [3.05, 3.63) is 71.0 Å². The molecule has 0 fully saturated rings. The van der Waals surface area contributed by atoms with E-state index in [0.717, 1.165) is 5.56 Å². The number of ketones is 1. The third kappa shape index (κ3) is 3.05. The van der Waals surface area contributed by atoms with Gasteiger partial charge in [-0.15, -0.1) is 0 Å². The summed E-state index contributed by atoms with van der Waals surface area (Å²) < 4.78 is 12.7. The normalized spacial score (nSPS) is 9.44. The quantitative estimate of drug-likeness (QED) is 0.550. The SMILES string of the molecule is Cc1cccc(C(=O)C#Cc2ccc(F)cc2)c1. The van der Waals surface area contributed by atoms with Gasteiger partial charge >= 0.3 is 0 Å². The maximum absolute atomic E-state index is 12.7. The van der Waals surface area contributed by atoms with Crippen molar-refractivity contribution in [2.24, 2.45) is 0 Å². The van der Waals surface area contributed by atoms with Gasteiger partial charge in [-0.2, -0.15) is 0 Å². The van der Waals surface area contributed by atoms with Crippen molar-refractivity contribution >= 4 is 5.78 Å². The second-order valence-electron chi connectivity index (χ2n) is 3.96. The first-order valence-corrected chi connectivity index (χ1v) is 5.54. The second-order valence-corrected chi connectivity index (χ2v) is 3.96. The van der Waals surface area contributed by atoms with E-state index in [4.69, 9.17) is 0 Å². The summed E-state index contributed by atoms with van der Waals surface area (Å²) in [5.74, 6) is 4.73. The van der Waals surface area contributed by atoms with Crippen LogP contribution in [0.3, 0.4) is 0 Å². The van der Waals surface area contributed by atoms with E-state index in [1.54, 1.807) is 24.3 Å². The van der Waals surface area contributed by atoms with E-state index in [9.17, 15) is 9.18 Å². The van der Waals surface area contributed by atoms with Crippen molar-refractivity contribution < 1.29 is 9.18 Å². The third-order valence-electron chi connectivity index (χ3n) is 2.44. The summed E-state index contributed by atoms with van der Waals surface area (Å²) in [5.41, 5.74) is 2.21. The average molecular weight is 238 g/mol. The number of aryl methyl sites for hydroxylation is 1. The predicted octanol–water partition coefficient (Wildman–Crippen LogP) is 3.37. The van der Waals surface area contributed by atoms with Crippen molar-refractivity contribution in [3.63, 3.8) is 0 Å². The maximum atomic E-state index is 12.7. The van der Waals surface area contributed by atoms with E-state index in [0.29, 0.717) is 11.1 Å². The topological polar surface area (TPSA) is 17.1 Å². The molecule has 2 heteroatoms. The van der Waals surface area contributed by atoms with Gasteiger partial charge in [-0.25, -0.2) is 4.39 Å². The first kappa shape index (κ1) is 12.1. The van der Waals surface area contributed by atoms with Gasteiger partial charge in [0.2, 0.25) is 5.78 Å². The van der Waals surface area contributed by atoms with Gasteiger partial charge in [0.25, 0.3) is 0 Å². The highest BCUT2D eigenvalue weighted by Gasteiger charge is 2.01. The fourth-order valence-corrected chi connectivity index (χ4v) is 1.52. The molecule has 0 N–H and O–H groups in total. The summed E-state index contributed by atoms with van der Waals surface area (Å²) in [7, 11) is 0. The fraction of sp³-hybridized carbons (Fsp3) is 0.0625. The van der Waals surface area contributed by atoms with Crippen LogP contribution in [0.4, 0.5) is 4.39 Å². The van der Waals surface area contributed by atoms with E-state index >= 15 is 0 Å². The van der Waals surface area contributed by atoms with Gasteiger partial charge in [-0.05, 0) is 43.2 Å². The number of carbonyl (C=O) groups is 1. The minimum absolute atomic E-state index is 0.233. The Bertz CT molecular complexity index is 630. The van der Waals surface area contributed by atoms with Crippen LogP contribution >= 0.6 is 0 Å². The Labute approximate surface area is 105 Å². The van der Waals surface area contributed by atoms with Crippen LogP contribution in [0.1, 0.15) is 21.5 Å². The Morgan fingerprint density at radius 3 is 2.50 bits per heavy atom. The van der Waals surface area contributed by atoms with Crippen LogP contribution in [-0.4, -0.2) is 5.78 Å². The molecule has 0 saturated carbocycles. The van der Waals surface area contributed by atoms with Crippen LogP contribution in [0.2, 0.25) is 0 Å². The zero-order valence-corrected chi connectivity index (χ0v) is 9.91. The lowest BCUT2D eigenvalue weighted by Crippen LogP contribution is -1.95. The number of Topliss-reactive ketones (excluding diaryl/α,β-unsaturated/α-hetero) is 1. The van der Waals surface area contributed by atoms with Crippen LogP contribution in [0, 0.1) is 24.6 Å². The zero-order valence-electron chi connectivity index (χ0n) is 9.91. The van der Waals surface area contributed by atoms with Crippen LogP contribution in [0.15, 0.2) is 48.5 Å². The molecule has 88 valence electrons. The first-order valence-electron chi connectivity index (χ1n) is 5.54. The molecule has 0 spiro atoms. The molecule has 2 rings (SSSR count). The standard InChI is InChI=1S/C16H11FO/c1-12-3-2-4-14(11-12)16(18)10-7-13-5-8-15(17)9-6-13/h2-6,8-9,11H,1H3. The van der Waals surface area contributed by atoms with Gasteiger partial charge in [0, 0.05) is 11.1 Å². The first-order chi connectivity index (χ1) is 8.65. The fourth-order valence-electron chi connectivity index (χ4n) is 1.52. The van der Waals surface area contributed by atoms with Crippen molar-refractivity contribution in [2.75, 3.05) is 0 Å². The van der Waals surface area contributed by atoms with Gasteiger partial charge in [-0.1, -0.05) is 29.7 Å². The highest BCUT2D eigenvalue weighted by atomic mass is 19.1. The van der Waals surface area contributed by atoms with Crippen molar-refractivity contribution in [2.45, 2.75) is 6.92 Å². The number of benzene rings is 2. The lowest BCUT2D eigenvalue weighted by atomic mass is 10.1.